The van der Waals surface area contributed by atoms with E-state index >= 15 is 0 Å². The van der Waals surface area contributed by atoms with Crippen LogP contribution in [0.4, 0.5) is 4.79 Å². The summed E-state index contributed by atoms with van der Waals surface area (Å²) in [4.78, 5) is 11.1. The van der Waals surface area contributed by atoms with E-state index in [-0.39, 0.29) is 10.8 Å². The minimum absolute atomic E-state index is 0.0249. The molecule has 0 aliphatic carbocycles. The minimum Gasteiger partial charge on any atom is -0.443 e. The standard InChI is InChI=1S/C18H27ClO2/c1-16(2,3)12-9-13(17(4,5)6)11-14(10-12)18(7,8)21-15(19)20/h9-11H,1-8H3. The van der Waals surface area contributed by atoms with Gasteiger partial charge in [-0.3, -0.25) is 0 Å². The zero-order chi connectivity index (χ0) is 16.6. The van der Waals surface area contributed by atoms with Gasteiger partial charge in [-0.25, -0.2) is 4.79 Å². The molecule has 0 saturated carbocycles. The van der Waals surface area contributed by atoms with Gasteiger partial charge < -0.3 is 4.74 Å². The Morgan fingerprint density at radius 2 is 1.14 bits per heavy atom. The van der Waals surface area contributed by atoms with Gasteiger partial charge in [0.2, 0.25) is 0 Å². The van der Waals surface area contributed by atoms with Crippen LogP contribution < -0.4 is 0 Å². The molecule has 118 valence electrons. The van der Waals surface area contributed by atoms with Crippen LogP contribution in [0.1, 0.15) is 72.1 Å². The van der Waals surface area contributed by atoms with E-state index in [4.69, 9.17) is 16.3 Å². The van der Waals surface area contributed by atoms with Gasteiger partial charge in [-0.05, 0) is 41.4 Å². The Balaban J connectivity index is 3.49. The summed E-state index contributed by atoms with van der Waals surface area (Å²) < 4.78 is 5.29. The van der Waals surface area contributed by atoms with Gasteiger partial charge in [0.05, 0.1) is 0 Å². The summed E-state index contributed by atoms with van der Waals surface area (Å²) in [6.45, 7) is 16.8. The molecule has 0 aliphatic rings. The van der Waals surface area contributed by atoms with Crippen molar-refractivity contribution in [2.24, 2.45) is 0 Å². The van der Waals surface area contributed by atoms with E-state index in [2.05, 4.69) is 59.7 Å². The lowest BCUT2D eigenvalue weighted by Gasteiger charge is -2.31. The number of carbonyl (C=O) groups excluding carboxylic acids is 1. The summed E-state index contributed by atoms with van der Waals surface area (Å²) in [5.41, 5.74) is 1.94. The van der Waals surface area contributed by atoms with Gasteiger partial charge in [-0.2, -0.15) is 0 Å². The third kappa shape index (κ3) is 4.74. The highest BCUT2D eigenvalue weighted by Gasteiger charge is 2.29. The zero-order valence-corrected chi connectivity index (χ0v) is 15.2. The number of carbonyl (C=O) groups is 1. The molecule has 21 heavy (non-hydrogen) atoms. The number of ether oxygens (including phenoxy) is 1. The highest BCUT2D eigenvalue weighted by Crippen LogP contribution is 2.35. The van der Waals surface area contributed by atoms with Gasteiger partial charge >= 0.3 is 5.43 Å². The second-order valence-corrected chi connectivity index (χ2v) is 8.46. The number of hydrogen-bond acceptors (Lipinski definition) is 2. The van der Waals surface area contributed by atoms with Crippen molar-refractivity contribution in [1.29, 1.82) is 0 Å². The van der Waals surface area contributed by atoms with Crippen LogP contribution in [0.15, 0.2) is 18.2 Å². The average Bonchev–Trinajstić information content (AvgIpc) is 2.24. The zero-order valence-electron chi connectivity index (χ0n) is 14.4. The van der Waals surface area contributed by atoms with E-state index in [9.17, 15) is 4.79 Å². The van der Waals surface area contributed by atoms with Gasteiger partial charge in [0.15, 0.2) is 0 Å². The summed E-state index contributed by atoms with van der Waals surface area (Å²) in [6, 6.07) is 6.45. The summed E-state index contributed by atoms with van der Waals surface area (Å²) in [6.07, 6.45) is 0. The van der Waals surface area contributed by atoms with Crippen molar-refractivity contribution < 1.29 is 9.53 Å². The van der Waals surface area contributed by atoms with E-state index in [0.29, 0.717) is 0 Å². The first-order valence-corrected chi connectivity index (χ1v) is 7.66. The fraction of sp³-hybridized carbons (Fsp3) is 0.611. The van der Waals surface area contributed by atoms with Gasteiger partial charge in [0.25, 0.3) is 0 Å². The molecule has 0 bridgehead atoms. The Hall–Kier alpha value is -1.02. The lowest BCUT2D eigenvalue weighted by atomic mass is 9.78. The predicted octanol–water partition coefficient (Wildman–Crippen LogP) is 5.89. The maximum absolute atomic E-state index is 11.1. The normalized spacial score (nSPS) is 13.2. The number of rotatable bonds is 2. The molecule has 0 atom stereocenters. The first kappa shape index (κ1) is 18.0. The van der Waals surface area contributed by atoms with Crippen molar-refractivity contribution in [3.8, 4) is 0 Å². The van der Waals surface area contributed by atoms with Crippen molar-refractivity contribution in [3.63, 3.8) is 0 Å². The lowest BCUT2D eigenvalue weighted by molar-refractivity contribution is 0.0549. The van der Waals surface area contributed by atoms with Crippen LogP contribution in [-0.4, -0.2) is 5.43 Å². The second kappa shape index (κ2) is 5.64. The van der Waals surface area contributed by atoms with Crippen molar-refractivity contribution in [3.05, 3.63) is 34.9 Å². The van der Waals surface area contributed by atoms with Gasteiger partial charge in [-0.1, -0.05) is 59.7 Å². The molecule has 1 aromatic rings. The van der Waals surface area contributed by atoms with Crippen molar-refractivity contribution in [1.82, 2.24) is 0 Å². The maximum Gasteiger partial charge on any atom is 0.404 e. The van der Waals surface area contributed by atoms with Crippen LogP contribution in [0.25, 0.3) is 0 Å². The van der Waals surface area contributed by atoms with Crippen molar-refractivity contribution in [2.45, 2.75) is 71.8 Å². The van der Waals surface area contributed by atoms with E-state index < -0.39 is 11.0 Å². The summed E-state index contributed by atoms with van der Waals surface area (Å²) >= 11 is 5.41. The summed E-state index contributed by atoms with van der Waals surface area (Å²) in [5, 5.41) is 0. The van der Waals surface area contributed by atoms with Crippen molar-refractivity contribution >= 4 is 17.0 Å². The second-order valence-electron chi connectivity index (χ2n) is 8.15. The van der Waals surface area contributed by atoms with E-state index in [1.807, 2.05) is 13.8 Å². The Morgan fingerprint density at radius 1 is 0.810 bits per heavy atom. The monoisotopic (exact) mass is 310 g/mol. The Kier molecular flexibility index (Phi) is 4.84. The lowest BCUT2D eigenvalue weighted by Crippen LogP contribution is -2.25. The molecule has 0 N–H and O–H groups in total. The summed E-state index contributed by atoms with van der Waals surface area (Å²) in [7, 11) is 0. The quantitative estimate of drug-likeness (QED) is 0.636. The largest absolute Gasteiger partial charge is 0.443 e. The molecule has 0 amide bonds. The molecule has 0 fully saturated rings. The molecular formula is C18H27ClO2. The third-order valence-corrected chi connectivity index (χ3v) is 3.77. The van der Waals surface area contributed by atoms with Gasteiger partial charge in [-0.15, -0.1) is 0 Å². The molecule has 2 nitrogen and oxygen atoms in total. The topological polar surface area (TPSA) is 26.3 Å². The smallest absolute Gasteiger partial charge is 0.404 e. The Labute approximate surface area is 133 Å². The van der Waals surface area contributed by atoms with Crippen LogP contribution in [0.3, 0.4) is 0 Å². The van der Waals surface area contributed by atoms with E-state index in [1.165, 1.54) is 11.1 Å². The molecule has 0 spiro atoms. The fourth-order valence-corrected chi connectivity index (χ4v) is 2.29. The highest BCUT2D eigenvalue weighted by atomic mass is 35.5. The molecule has 0 aliphatic heterocycles. The number of benzene rings is 1. The van der Waals surface area contributed by atoms with Crippen molar-refractivity contribution in [2.75, 3.05) is 0 Å². The molecule has 0 aromatic heterocycles. The van der Waals surface area contributed by atoms with Crippen LogP contribution in [-0.2, 0) is 21.2 Å². The first-order valence-electron chi connectivity index (χ1n) is 7.28. The highest BCUT2D eigenvalue weighted by molar-refractivity contribution is 6.61. The fourth-order valence-electron chi connectivity index (χ4n) is 2.10. The molecular weight excluding hydrogens is 284 g/mol. The number of hydrogen-bond donors (Lipinski definition) is 0. The molecule has 0 unspecified atom stereocenters. The van der Waals surface area contributed by atoms with Crippen LogP contribution in [0, 0.1) is 0 Å². The summed E-state index contributed by atoms with van der Waals surface area (Å²) in [5.74, 6) is 0. The van der Waals surface area contributed by atoms with Crippen LogP contribution >= 0.6 is 11.6 Å². The molecule has 3 heteroatoms. The minimum atomic E-state index is -0.779. The predicted molar refractivity (Wildman–Crippen MR) is 89.2 cm³/mol. The third-order valence-electron chi connectivity index (χ3n) is 3.70. The molecule has 1 rings (SSSR count). The Morgan fingerprint density at radius 3 is 1.43 bits per heavy atom. The van der Waals surface area contributed by atoms with Gasteiger partial charge in [0, 0.05) is 11.6 Å². The van der Waals surface area contributed by atoms with E-state index in [1.54, 1.807) is 0 Å². The van der Waals surface area contributed by atoms with E-state index in [0.717, 1.165) is 5.56 Å². The van der Waals surface area contributed by atoms with Crippen LogP contribution in [0.2, 0.25) is 0 Å². The first-order chi connectivity index (χ1) is 9.23. The van der Waals surface area contributed by atoms with Gasteiger partial charge in [0.1, 0.15) is 5.60 Å². The maximum atomic E-state index is 11.1. The Bertz CT molecular complexity index is 499. The molecule has 0 radical (unpaired) electrons. The molecule has 0 heterocycles. The van der Waals surface area contributed by atoms with Crippen LogP contribution in [0.5, 0.6) is 0 Å². The SMILES string of the molecule is CC(C)(C)c1cc(C(C)(C)C)cc(C(C)(C)OC(=O)Cl)c1. The number of halogens is 1. The molecule has 1 aromatic carbocycles. The average molecular weight is 311 g/mol. The molecule has 0 saturated heterocycles.